The molecule has 2 heterocycles. The number of halogens is 2. The second-order valence-corrected chi connectivity index (χ2v) is 8.54. The molecule has 0 aliphatic carbocycles. The van der Waals surface area contributed by atoms with E-state index in [0.717, 1.165) is 0 Å². The summed E-state index contributed by atoms with van der Waals surface area (Å²) < 4.78 is 22.8. The smallest absolute Gasteiger partial charge is 0.214 e. The maximum Gasteiger partial charge on any atom is 0.214 e. The third kappa shape index (κ3) is 5.63. The molecule has 0 amide bonds. The van der Waals surface area contributed by atoms with Gasteiger partial charge >= 0.3 is 0 Å². The van der Waals surface area contributed by atoms with Crippen LogP contribution in [0.3, 0.4) is 0 Å². The van der Waals surface area contributed by atoms with E-state index in [4.69, 9.17) is 22.1 Å². The van der Waals surface area contributed by atoms with Crippen molar-refractivity contribution < 1.29 is 19.0 Å². The molecule has 2 aromatic carbocycles. The number of carbonyl (C=O) groups is 1. The molecule has 0 aliphatic heterocycles. The molecule has 4 aromatic rings. The summed E-state index contributed by atoms with van der Waals surface area (Å²) in [5.74, 6) is 0.230. The fourth-order valence-electron chi connectivity index (χ4n) is 3.50. The number of fused-ring (bicyclic) bond motifs is 1. The zero-order valence-electron chi connectivity index (χ0n) is 19.6. The Labute approximate surface area is 220 Å². The first kappa shape index (κ1) is 25.9. The summed E-state index contributed by atoms with van der Waals surface area (Å²) in [5, 5.41) is 5.17. The van der Waals surface area contributed by atoms with Crippen LogP contribution in [0.5, 0.6) is 11.5 Å². The normalized spacial score (nSPS) is 11.4. The van der Waals surface area contributed by atoms with Crippen LogP contribution in [0, 0.1) is 0 Å². The van der Waals surface area contributed by atoms with Gasteiger partial charge in [-0.2, -0.15) is 5.10 Å². The van der Waals surface area contributed by atoms with E-state index in [0.29, 0.717) is 33.0 Å². The first-order chi connectivity index (χ1) is 18.0. The number of aliphatic imine (C=N–C) groups is 1. The SMILES string of the molecule is C=C/C=C\C=NCOc1ccc(-n2ncc(C(=O)c3cc4cc(OF)c(NSC)cc4[nH]3)c2N)c(Cl)c1. The van der Waals surface area contributed by atoms with Gasteiger partial charge in [-0.05, 0) is 36.4 Å². The number of aromatic amines is 1. The number of rotatable bonds is 11. The van der Waals surface area contributed by atoms with E-state index in [1.165, 1.54) is 28.9 Å². The number of ether oxygens (including phenoxy) is 1. The van der Waals surface area contributed by atoms with E-state index in [9.17, 15) is 9.32 Å². The predicted octanol–water partition coefficient (Wildman–Crippen LogP) is 5.92. The van der Waals surface area contributed by atoms with Crippen molar-refractivity contribution in [2.45, 2.75) is 0 Å². The summed E-state index contributed by atoms with van der Waals surface area (Å²) in [6.07, 6.45) is 9.89. The first-order valence-electron chi connectivity index (χ1n) is 10.8. The highest BCUT2D eigenvalue weighted by atomic mass is 35.5. The largest absolute Gasteiger partial charge is 0.471 e. The van der Waals surface area contributed by atoms with Crippen molar-refractivity contribution in [1.82, 2.24) is 14.8 Å². The number of aromatic nitrogens is 3. The van der Waals surface area contributed by atoms with Gasteiger partial charge in [0.15, 0.2) is 12.5 Å². The average Bonchev–Trinajstić information content (AvgIpc) is 3.48. The van der Waals surface area contributed by atoms with E-state index in [1.54, 1.807) is 61.0 Å². The zero-order chi connectivity index (χ0) is 26.4. The molecule has 2 aromatic heterocycles. The first-order valence-corrected chi connectivity index (χ1v) is 12.4. The molecule has 4 N–H and O–H groups in total. The van der Waals surface area contributed by atoms with Crippen molar-refractivity contribution in [3.8, 4) is 17.2 Å². The summed E-state index contributed by atoms with van der Waals surface area (Å²) in [6, 6.07) is 9.71. The Morgan fingerprint density at radius 3 is 2.92 bits per heavy atom. The fraction of sp³-hybridized carbons (Fsp3) is 0.0800. The molecule has 0 saturated heterocycles. The molecule has 0 aliphatic rings. The van der Waals surface area contributed by atoms with Gasteiger partial charge in [0.1, 0.15) is 11.6 Å². The number of anilines is 2. The molecular weight excluding hydrogens is 519 g/mol. The van der Waals surface area contributed by atoms with Gasteiger partial charge in [-0.1, -0.05) is 42.3 Å². The molecule has 12 heteroatoms. The second kappa shape index (κ2) is 11.7. The van der Waals surface area contributed by atoms with Gasteiger partial charge in [0.05, 0.1) is 33.9 Å². The Morgan fingerprint density at radius 2 is 2.19 bits per heavy atom. The molecule has 0 bridgehead atoms. The third-order valence-electron chi connectivity index (χ3n) is 5.20. The number of hydrogen-bond donors (Lipinski definition) is 3. The van der Waals surface area contributed by atoms with Crippen molar-refractivity contribution in [3.05, 3.63) is 83.7 Å². The molecule has 0 unspecified atom stereocenters. The number of ketones is 1. The molecule has 9 nitrogen and oxygen atoms in total. The van der Waals surface area contributed by atoms with Crippen molar-refractivity contribution in [3.63, 3.8) is 0 Å². The molecule has 0 fully saturated rings. The Balaban J connectivity index is 1.55. The number of nitrogens with one attached hydrogen (secondary N) is 2. The molecule has 0 saturated carbocycles. The van der Waals surface area contributed by atoms with Crippen LogP contribution in [0.4, 0.5) is 16.0 Å². The molecule has 0 atom stereocenters. The lowest BCUT2D eigenvalue weighted by Gasteiger charge is -2.09. The molecular formula is C25H22ClFN6O3S. The summed E-state index contributed by atoms with van der Waals surface area (Å²) in [4.78, 5) is 24.3. The lowest BCUT2D eigenvalue weighted by atomic mass is 10.1. The van der Waals surface area contributed by atoms with Crippen LogP contribution in [-0.2, 0) is 0 Å². The van der Waals surface area contributed by atoms with E-state index in [-0.39, 0.29) is 35.3 Å². The number of allylic oxidation sites excluding steroid dienone is 3. The van der Waals surface area contributed by atoms with Gasteiger partial charge in [-0.3, -0.25) is 14.7 Å². The Bertz CT molecular complexity index is 1510. The van der Waals surface area contributed by atoms with Crippen molar-refractivity contribution in [2.24, 2.45) is 4.99 Å². The molecule has 4 rings (SSSR count). The Hall–Kier alpha value is -4.22. The summed E-state index contributed by atoms with van der Waals surface area (Å²) >= 11 is 7.73. The van der Waals surface area contributed by atoms with Gasteiger partial charge < -0.3 is 20.2 Å². The van der Waals surface area contributed by atoms with Gasteiger partial charge in [0, 0.05) is 34.0 Å². The van der Waals surface area contributed by atoms with Crippen molar-refractivity contribution in [2.75, 3.05) is 23.4 Å². The monoisotopic (exact) mass is 540 g/mol. The minimum atomic E-state index is -0.388. The van der Waals surface area contributed by atoms with Gasteiger partial charge in [-0.25, -0.2) is 4.68 Å². The topological polar surface area (TPSA) is 120 Å². The van der Waals surface area contributed by atoms with Crippen LogP contribution < -0.4 is 20.1 Å². The van der Waals surface area contributed by atoms with Crippen LogP contribution in [0.1, 0.15) is 16.1 Å². The van der Waals surface area contributed by atoms with Crippen LogP contribution in [0.2, 0.25) is 5.02 Å². The number of H-pyrrole nitrogens is 1. The molecule has 0 spiro atoms. The Kier molecular flexibility index (Phi) is 8.16. The van der Waals surface area contributed by atoms with E-state index in [1.807, 2.05) is 0 Å². The van der Waals surface area contributed by atoms with Gasteiger partial charge in [0.2, 0.25) is 5.78 Å². The van der Waals surface area contributed by atoms with Crippen molar-refractivity contribution in [1.29, 1.82) is 0 Å². The summed E-state index contributed by atoms with van der Waals surface area (Å²) in [7, 11) is 0. The lowest BCUT2D eigenvalue weighted by Crippen LogP contribution is -2.08. The summed E-state index contributed by atoms with van der Waals surface area (Å²) in [6.45, 7) is 3.69. The second-order valence-electron chi connectivity index (χ2n) is 7.53. The maximum atomic E-state index is 13.2. The van der Waals surface area contributed by atoms with Gasteiger partial charge in [-0.15, -0.1) is 0 Å². The van der Waals surface area contributed by atoms with Gasteiger partial charge in [0.25, 0.3) is 0 Å². The number of carbonyl (C=O) groups excluding carboxylic acids is 1. The zero-order valence-corrected chi connectivity index (χ0v) is 21.1. The number of nitrogen functional groups attached to an aromatic ring is 1. The minimum Gasteiger partial charge on any atom is -0.471 e. The van der Waals surface area contributed by atoms with E-state index < -0.39 is 0 Å². The fourth-order valence-corrected chi connectivity index (χ4v) is 4.13. The highest BCUT2D eigenvalue weighted by Gasteiger charge is 2.21. The summed E-state index contributed by atoms with van der Waals surface area (Å²) in [5.41, 5.74) is 8.23. The minimum absolute atomic E-state index is 0.00517. The predicted molar refractivity (Wildman–Crippen MR) is 147 cm³/mol. The Morgan fingerprint density at radius 1 is 1.35 bits per heavy atom. The standard InChI is InChI=1S/C25H22ClFN6O3S/c1-3-4-5-8-29-14-35-16-6-7-22(18(26)11-16)33-25(28)17(13-30-33)24(34)21-9-15-10-23(36-27)20(32-37-2)12-19(15)31-21/h3-13,31-32H,1,14,28H2,2H3/b5-4-,29-8?. The molecule has 37 heavy (non-hydrogen) atoms. The van der Waals surface area contributed by atoms with Crippen LogP contribution in [0.25, 0.3) is 16.6 Å². The number of nitrogens with zero attached hydrogens (tertiary/aromatic N) is 3. The lowest BCUT2D eigenvalue weighted by molar-refractivity contribution is -0.00504. The third-order valence-corrected chi connectivity index (χ3v) is 5.93. The average molecular weight is 541 g/mol. The number of nitrogens with two attached hydrogens (primary N) is 1. The maximum absolute atomic E-state index is 13.2. The van der Waals surface area contributed by atoms with Crippen LogP contribution in [-0.4, -0.2) is 39.7 Å². The van der Waals surface area contributed by atoms with Crippen LogP contribution >= 0.6 is 23.5 Å². The highest BCUT2D eigenvalue weighted by molar-refractivity contribution is 7.99. The quantitative estimate of drug-likeness (QED) is 0.0934. The van der Waals surface area contributed by atoms with E-state index >= 15 is 0 Å². The van der Waals surface area contributed by atoms with E-state index in [2.05, 4.69) is 31.3 Å². The molecule has 0 radical (unpaired) electrons. The highest BCUT2D eigenvalue weighted by Crippen LogP contribution is 2.33. The van der Waals surface area contributed by atoms with Crippen molar-refractivity contribution >= 4 is 58.0 Å². The van der Waals surface area contributed by atoms with Crippen LogP contribution in [0.15, 0.2) is 72.4 Å². The number of hydrogen-bond acceptors (Lipinski definition) is 8. The number of benzene rings is 2. The molecule has 190 valence electrons.